The molecule has 0 aromatic heterocycles. The summed E-state index contributed by atoms with van der Waals surface area (Å²) in [5.74, 6) is -1.06. The van der Waals surface area contributed by atoms with E-state index in [1.807, 2.05) is 6.92 Å². The Bertz CT molecular complexity index is 778. The second-order valence-electron chi connectivity index (χ2n) is 6.14. The number of rotatable bonds is 8. The highest BCUT2D eigenvalue weighted by Crippen LogP contribution is 2.10. The number of hydrogen-bond donors (Lipinski definition) is 3. The molecule has 2 aromatic carbocycles. The number of carbonyl (C=O) groups excluding carboxylic acids is 1. The Morgan fingerprint density at radius 1 is 1.07 bits per heavy atom. The second kappa shape index (κ2) is 10.3. The molecule has 2 rings (SSSR count). The Morgan fingerprint density at radius 2 is 1.81 bits per heavy atom. The number of guanidine groups is 1. The standard InChI is InChI=1S/C20H24F2N4O/c1-2-24-20(25-12-15-4-3-5-18(22)11-15)26-13-16(19(23)27)10-14-6-8-17(21)9-7-14/h3-9,11,16H,2,10,12-13H2,1H3,(H2,23,27)(H2,24,25,26). The summed E-state index contributed by atoms with van der Waals surface area (Å²) in [7, 11) is 0. The van der Waals surface area contributed by atoms with Crippen LogP contribution < -0.4 is 16.4 Å². The predicted molar refractivity (Wildman–Crippen MR) is 102 cm³/mol. The SMILES string of the molecule is CCNC(=NCc1cccc(F)c1)NCC(Cc1ccc(F)cc1)C(N)=O. The van der Waals surface area contributed by atoms with Crippen LogP contribution in [-0.4, -0.2) is 25.0 Å². The van der Waals surface area contributed by atoms with E-state index in [1.54, 1.807) is 24.3 Å². The van der Waals surface area contributed by atoms with Crippen molar-refractivity contribution in [2.75, 3.05) is 13.1 Å². The summed E-state index contributed by atoms with van der Waals surface area (Å²) in [6.07, 6.45) is 0.395. The van der Waals surface area contributed by atoms with Gasteiger partial charge in [-0.15, -0.1) is 0 Å². The van der Waals surface area contributed by atoms with Crippen LogP contribution in [0.25, 0.3) is 0 Å². The molecule has 0 heterocycles. The van der Waals surface area contributed by atoms with Crippen LogP contribution in [0, 0.1) is 17.6 Å². The minimum absolute atomic E-state index is 0.279. The van der Waals surface area contributed by atoms with Crippen LogP contribution in [0.2, 0.25) is 0 Å². The van der Waals surface area contributed by atoms with Gasteiger partial charge in [0, 0.05) is 13.1 Å². The van der Waals surface area contributed by atoms with Gasteiger partial charge in [0.15, 0.2) is 5.96 Å². The number of nitrogens with zero attached hydrogens (tertiary/aromatic N) is 1. The van der Waals surface area contributed by atoms with Crippen molar-refractivity contribution >= 4 is 11.9 Å². The summed E-state index contributed by atoms with van der Waals surface area (Å²) in [5.41, 5.74) is 7.06. The first kappa shape index (κ1) is 20.4. The lowest BCUT2D eigenvalue weighted by atomic mass is 9.98. The topological polar surface area (TPSA) is 79.5 Å². The molecule has 0 aliphatic carbocycles. The summed E-state index contributed by atoms with van der Waals surface area (Å²) in [6.45, 7) is 3.13. The zero-order valence-corrected chi connectivity index (χ0v) is 15.2. The number of primary amides is 1. The van der Waals surface area contributed by atoms with Crippen molar-refractivity contribution in [3.8, 4) is 0 Å². The zero-order valence-electron chi connectivity index (χ0n) is 15.2. The third kappa shape index (κ3) is 7.05. The Balaban J connectivity index is 1.99. The summed E-state index contributed by atoms with van der Waals surface area (Å²) < 4.78 is 26.3. The first-order chi connectivity index (χ1) is 13.0. The highest BCUT2D eigenvalue weighted by atomic mass is 19.1. The van der Waals surface area contributed by atoms with Gasteiger partial charge < -0.3 is 16.4 Å². The number of amides is 1. The van der Waals surface area contributed by atoms with E-state index >= 15 is 0 Å². The van der Waals surface area contributed by atoms with Gasteiger partial charge in [0.1, 0.15) is 11.6 Å². The molecule has 0 aliphatic rings. The molecule has 7 heteroatoms. The van der Waals surface area contributed by atoms with E-state index in [1.165, 1.54) is 24.3 Å². The Hall–Kier alpha value is -2.96. The van der Waals surface area contributed by atoms with Crippen LogP contribution in [-0.2, 0) is 17.8 Å². The predicted octanol–water partition coefficient (Wildman–Crippen LogP) is 2.36. The lowest BCUT2D eigenvalue weighted by Crippen LogP contribution is -2.43. The molecular weight excluding hydrogens is 350 g/mol. The third-order valence-electron chi connectivity index (χ3n) is 3.97. The van der Waals surface area contributed by atoms with Gasteiger partial charge in [-0.2, -0.15) is 0 Å². The number of carbonyl (C=O) groups is 1. The number of nitrogens with one attached hydrogen (secondary N) is 2. The average Bonchev–Trinajstić information content (AvgIpc) is 2.64. The van der Waals surface area contributed by atoms with Gasteiger partial charge in [-0.1, -0.05) is 24.3 Å². The number of aliphatic imine (C=N–C) groups is 1. The fourth-order valence-corrected chi connectivity index (χ4v) is 2.55. The normalized spacial score (nSPS) is 12.5. The molecule has 1 unspecified atom stereocenters. The quantitative estimate of drug-likeness (QED) is 0.490. The molecule has 0 spiro atoms. The number of nitrogens with two attached hydrogens (primary N) is 1. The molecule has 27 heavy (non-hydrogen) atoms. The fourth-order valence-electron chi connectivity index (χ4n) is 2.55. The van der Waals surface area contributed by atoms with Crippen molar-refractivity contribution < 1.29 is 13.6 Å². The minimum Gasteiger partial charge on any atom is -0.369 e. The van der Waals surface area contributed by atoms with E-state index in [9.17, 15) is 13.6 Å². The number of halogens is 2. The fraction of sp³-hybridized carbons (Fsp3) is 0.300. The van der Waals surface area contributed by atoms with E-state index in [2.05, 4.69) is 15.6 Å². The highest BCUT2D eigenvalue weighted by molar-refractivity contribution is 5.81. The van der Waals surface area contributed by atoms with Gasteiger partial charge in [0.2, 0.25) is 5.91 Å². The average molecular weight is 374 g/mol. The maximum atomic E-state index is 13.3. The van der Waals surface area contributed by atoms with Crippen molar-refractivity contribution in [3.05, 3.63) is 71.3 Å². The van der Waals surface area contributed by atoms with Crippen LogP contribution in [0.3, 0.4) is 0 Å². The van der Waals surface area contributed by atoms with E-state index < -0.39 is 11.8 Å². The van der Waals surface area contributed by atoms with E-state index in [0.717, 1.165) is 11.1 Å². The molecule has 0 saturated carbocycles. The molecule has 0 fully saturated rings. The first-order valence-electron chi connectivity index (χ1n) is 8.78. The highest BCUT2D eigenvalue weighted by Gasteiger charge is 2.16. The molecule has 5 nitrogen and oxygen atoms in total. The molecule has 0 radical (unpaired) electrons. The van der Waals surface area contributed by atoms with Crippen LogP contribution in [0.1, 0.15) is 18.1 Å². The molecule has 1 amide bonds. The maximum Gasteiger partial charge on any atom is 0.222 e. The van der Waals surface area contributed by atoms with Crippen molar-refractivity contribution in [1.82, 2.24) is 10.6 Å². The second-order valence-corrected chi connectivity index (χ2v) is 6.14. The largest absolute Gasteiger partial charge is 0.369 e. The molecule has 0 bridgehead atoms. The van der Waals surface area contributed by atoms with Crippen molar-refractivity contribution in [2.45, 2.75) is 19.9 Å². The summed E-state index contributed by atoms with van der Waals surface area (Å²) in [5, 5.41) is 6.17. The first-order valence-corrected chi connectivity index (χ1v) is 8.78. The zero-order chi connectivity index (χ0) is 19.6. The van der Waals surface area contributed by atoms with E-state index in [-0.39, 0.29) is 18.2 Å². The van der Waals surface area contributed by atoms with Gasteiger partial charge in [0.25, 0.3) is 0 Å². The molecule has 4 N–H and O–H groups in total. The van der Waals surface area contributed by atoms with Crippen LogP contribution >= 0.6 is 0 Å². The van der Waals surface area contributed by atoms with Crippen molar-refractivity contribution in [2.24, 2.45) is 16.6 Å². The Morgan fingerprint density at radius 3 is 2.44 bits per heavy atom. The minimum atomic E-state index is -0.478. The van der Waals surface area contributed by atoms with Crippen LogP contribution in [0.5, 0.6) is 0 Å². The molecular formula is C20H24F2N4O. The monoisotopic (exact) mass is 374 g/mol. The van der Waals surface area contributed by atoms with Crippen molar-refractivity contribution in [1.29, 1.82) is 0 Å². The van der Waals surface area contributed by atoms with Gasteiger partial charge >= 0.3 is 0 Å². The van der Waals surface area contributed by atoms with Crippen LogP contribution in [0.4, 0.5) is 8.78 Å². The Labute approximate surface area is 157 Å². The lowest BCUT2D eigenvalue weighted by molar-refractivity contribution is -0.121. The summed E-state index contributed by atoms with van der Waals surface area (Å²) in [6, 6.07) is 12.2. The Kier molecular flexibility index (Phi) is 7.73. The van der Waals surface area contributed by atoms with E-state index in [0.29, 0.717) is 25.5 Å². The smallest absolute Gasteiger partial charge is 0.222 e. The summed E-state index contributed by atoms with van der Waals surface area (Å²) in [4.78, 5) is 16.2. The van der Waals surface area contributed by atoms with Crippen LogP contribution in [0.15, 0.2) is 53.5 Å². The van der Waals surface area contributed by atoms with Gasteiger partial charge in [-0.3, -0.25) is 4.79 Å². The molecule has 0 saturated heterocycles. The summed E-state index contributed by atoms with van der Waals surface area (Å²) >= 11 is 0. The maximum absolute atomic E-state index is 13.3. The molecule has 2 aromatic rings. The van der Waals surface area contributed by atoms with Gasteiger partial charge in [-0.25, -0.2) is 13.8 Å². The van der Waals surface area contributed by atoms with Gasteiger partial charge in [0.05, 0.1) is 12.5 Å². The third-order valence-corrected chi connectivity index (χ3v) is 3.97. The van der Waals surface area contributed by atoms with Gasteiger partial charge in [-0.05, 0) is 48.7 Å². The lowest BCUT2D eigenvalue weighted by Gasteiger charge is -2.17. The van der Waals surface area contributed by atoms with Crippen molar-refractivity contribution in [3.63, 3.8) is 0 Å². The number of benzene rings is 2. The molecule has 0 aliphatic heterocycles. The molecule has 1 atom stereocenters. The van der Waals surface area contributed by atoms with E-state index in [4.69, 9.17) is 5.73 Å². The molecule has 144 valence electrons. The number of hydrogen-bond acceptors (Lipinski definition) is 2.